The number of hydrogen-bond donors (Lipinski definition) is 2. The minimum Gasteiger partial charge on any atom is -0.508 e. The van der Waals surface area contributed by atoms with Gasteiger partial charge in [-0.3, -0.25) is 5.10 Å². The monoisotopic (exact) mass is 393 g/mol. The summed E-state index contributed by atoms with van der Waals surface area (Å²) in [7, 11) is 0. The van der Waals surface area contributed by atoms with E-state index >= 15 is 0 Å². The summed E-state index contributed by atoms with van der Waals surface area (Å²) >= 11 is 0. The van der Waals surface area contributed by atoms with Crippen molar-refractivity contribution >= 4 is 11.0 Å². The normalized spacial score (nSPS) is 11.4. The number of aromatic amines is 1. The number of H-pyrrole nitrogens is 1. The smallest absolute Gasteiger partial charge is 0.120 e. The average molecular weight is 394 g/mol. The summed E-state index contributed by atoms with van der Waals surface area (Å²) in [5.74, 6) is 0.391. The van der Waals surface area contributed by atoms with E-state index in [1.807, 2.05) is 24.3 Å². The van der Waals surface area contributed by atoms with Gasteiger partial charge in [-0.05, 0) is 43.0 Å². The third-order valence-electron chi connectivity index (χ3n) is 5.90. The lowest BCUT2D eigenvalue weighted by Crippen LogP contribution is -1.96. The third kappa shape index (κ3) is 5.59. The Morgan fingerprint density at radius 3 is 2.28 bits per heavy atom. The molecule has 0 fully saturated rings. The van der Waals surface area contributed by atoms with Crippen molar-refractivity contribution in [2.75, 3.05) is 0 Å². The van der Waals surface area contributed by atoms with Crippen molar-refractivity contribution in [1.82, 2.24) is 15.4 Å². The molecule has 0 amide bonds. The maximum atomic E-state index is 10.6. The van der Waals surface area contributed by atoms with Crippen LogP contribution in [0.15, 0.2) is 30.3 Å². The van der Waals surface area contributed by atoms with Gasteiger partial charge in [-0.1, -0.05) is 88.1 Å². The van der Waals surface area contributed by atoms with Crippen LogP contribution in [0, 0.1) is 6.92 Å². The number of aromatic nitrogens is 3. The summed E-state index contributed by atoms with van der Waals surface area (Å²) in [6.45, 7) is 4.37. The third-order valence-corrected chi connectivity index (χ3v) is 5.90. The number of fused-ring (bicyclic) bond motifs is 1. The fraction of sp³-hybridized carbons (Fsp3) is 0.520. The van der Waals surface area contributed by atoms with E-state index in [2.05, 4.69) is 35.3 Å². The lowest BCUT2D eigenvalue weighted by Gasteiger charge is -2.15. The van der Waals surface area contributed by atoms with Crippen molar-refractivity contribution in [3.05, 3.63) is 41.5 Å². The zero-order valence-corrected chi connectivity index (χ0v) is 18.0. The molecule has 0 spiro atoms. The van der Waals surface area contributed by atoms with Crippen molar-refractivity contribution in [2.24, 2.45) is 0 Å². The molecule has 0 unspecified atom stereocenters. The molecule has 3 aromatic rings. The van der Waals surface area contributed by atoms with E-state index in [1.165, 1.54) is 63.4 Å². The Kier molecular flexibility index (Phi) is 8.09. The van der Waals surface area contributed by atoms with E-state index in [0.717, 1.165) is 40.6 Å². The molecule has 3 rings (SSSR count). The Balaban J connectivity index is 1.59. The zero-order chi connectivity index (χ0) is 20.5. The van der Waals surface area contributed by atoms with Crippen molar-refractivity contribution in [2.45, 2.75) is 84.5 Å². The van der Waals surface area contributed by atoms with Gasteiger partial charge in [-0.25, -0.2) is 0 Å². The number of unbranched alkanes of at least 4 members (excludes halogenated alkanes) is 9. The highest BCUT2D eigenvalue weighted by Crippen LogP contribution is 2.37. The molecule has 0 atom stereocenters. The fourth-order valence-electron chi connectivity index (χ4n) is 4.24. The van der Waals surface area contributed by atoms with E-state index < -0.39 is 0 Å². The van der Waals surface area contributed by atoms with Crippen LogP contribution in [0.2, 0.25) is 0 Å². The summed E-state index contributed by atoms with van der Waals surface area (Å²) in [5.41, 5.74) is 6.16. The lowest BCUT2D eigenvalue weighted by molar-refractivity contribution is 0.466. The maximum Gasteiger partial charge on any atom is 0.120 e. The number of hydrogen-bond acceptors (Lipinski definition) is 3. The van der Waals surface area contributed by atoms with Crippen LogP contribution in [0.5, 0.6) is 5.75 Å². The number of aromatic hydroxyl groups is 1. The molecule has 29 heavy (non-hydrogen) atoms. The Hall–Kier alpha value is -2.36. The molecule has 0 radical (unpaired) electrons. The molecular weight excluding hydrogens is 358 g/mol. The molecule has 0 aliphatic heterocycles. The first-order valence-electron chi connectivity index (χ1n) is 11.3. The van der Waals surface area contributed by atoms with Gasteiger partial charge in [0.05, 0.1) is 5.52 Å². The van der Waals surface area contributed by atoms with Crippen molar-refractivity contribution in [3.63, 3.8) is 0 Å². The molecule has 1 aromatic heterocycles. The molecule has 0 aliphatic rings. The SMILES string of the molecule is CCCCCCCCCCCCc1c(O)ccc(C)c1-c1cccc2[nH]nnc12. The van der Waals surface area contributed by atoms with Gasteiger partial charge in [0, 0.05) is 11.1 Å². The molecule has 4 heteroatoms. The predicted octanol–water partition coefficient (Wildman–Crippen LogP) is 7.10. The topological polar surface area (TPSA) is 61.8 Å². The standard InChI is InChI=1S/C25H35N3O/c1-3-4-5-6-7-8-9-10-11-12-14-20-23(29)18-17-19(2)24(20)21-15-13-16-22-25(21)27-28-26-22/h13,15-18,29H,3-12,14H2,1-2H3,(H,26,27,28). The number of nitrogens with zero attached hydrogens (tertiary/aromatic N) is 2. The molecule has 0 saturated carbocycles. The van der Waals surface area contributed by atoms with Gasteiger partial charge in [-0.15, -0.1) is 5.10 Å². The van der Waals surface area contributed by atoms with Gasteiger partial charge in [0.1, 0.15) is 11.3 Å². The van der Waals surface area contributed by atoms with Crippen LogP contribution in [0.25, 0.3) is 22.2 Å². The van der Waals surface area contributed by atoms with Crippen LogP contribution in [-0.2, 0) is 6.42 Å². The van der Waals surface area contributed by atoms with E-state index in [1.54, 1.807) is 0 Å². The summed E-state index contributed by atoms with van der Waals surface area (Å²) < 4.78 is 0. The quantitative estimate of drug-likeness (QED) is 0.322. The average Bonchev–Trinajstić information content (AvgIpc) is 3.21. The Morgan fingerprint density at radius 2 is 1.55 bits per heavy atom. The van der Waals surface area contributed by atoms with E-state index in [4.69, 9.17) is 0 Å². The van der Waals surface area contributed by atoms with E-state index in [9.17, 15) is 5.11 Å². The van der Waals surface area contributed by atoms with Gasteiger partial charge in [0.15, 0.2) is 0 Å². The molecule has 156 valence electrons. The van der Waals surface area contributed by atoms with Crippen LogP contribution in [0.3, 0.4) is 0 Å². The lowest BCUT2D eigenvalue weighted by atomic mass is 9.90. The summed E-state index contributed by atoms with van der Waals surface area (Å²) in [5, 5.41) is 21.8. The van der Waals surface area contributed by atoms with Crippen LogP contribution in [0.4, 0.5) is 0 Å². The molecule has 0 saturated heterocycles. The second kappa shape index (κ2) is 11.0. The van der Waals surface area contributed by atoms with Gasteiger partial charge in [-0.2, -0.15) is 0 Å². The van der Waals surface area contributed by atoms with Crippen molar-refractivity contribution in [3.8, 4) is 16.9 Å². The summed E-state index contributed by atoms with van der Waals surface area (Å²) in [6, 6.07) is 9.90. The van der Waals surface area contributed by atoms with Crippen LogP contribution in [-0.4, -0.2) is 20.5 Å². The first-order valence-corrected chi connectivity index (χ1v) is 11.3. The number of phenolic OH excluding ortho intramolecular Hbond substituents is 1. The first-order chi connectivity index (χ1) is 14.2. The van der Waals surface area contributed by atoms with E-state index in [-0.39, 0.29) is 0 Å². The van der Waals surface area contributed by atoms with Gasteiger partial charge >= 0.3 is 0 Å². The second-order valence-corrected chi connectivity index (χ2v) is 8.20. The summed E-state index contributed by atoms with van der Waals surface area (Å²) in [6.07, 6.45) is 14.1. The summed E-state index contributed by atoms with van der Waals surface area (Å²) in [4.78, 5) is 0. The minimum absolute atomic E-state index is 0.391. The molecule has 2 N–H and O–H groups in total. The first kappa shape index (κ1) is 21.4. The number of phenols is 1. The second-order valence-electron chi connectivity index (χ2n) is 8.20. The molecule has 2 aromatic carbocycles. The number of benzene rings is 2. The number of nitrogens with one attached hydrogen (secondary N) is 1. The maximum absolute atomic E-state index is 10.6. The molecule has 0 bridgehead atoms. The number of aryl methyl sites for hydroxylation is 1. The largest absolute Gasteiger partial charge is 0.508 e. The van der Waals surface area contributed by atoms with E-state index in [0.29, 0.717) is 5.75 Å². The van der Waals surface area contributed by atoms with Crippen molar-refractivity contribution < 1.29 is 5.11 Å². The Morgan fingerprint density at radius 1 is 0.862 bits per heavy atom. The van der Waals surface area contributed by atoms with Crippen LogP contribution in [0.1, 0.15) is 82.3 Å². The highest BCUT2D eigenvalue weighted by atomic mass is 16.3. The molecule has 1 heterocycles. The molecular formula is C25H35N3O. The highest BCUT2D eigenvalue weighted by Gasteiger charge is 2.16. The van der Waals surface area contributed by atoms with Gasteiger partial charge < -0.3 is 5.11 Å². The molecule has 0 aliphatic carbocycles. The Bertz CT molecular complexity index is 900. The minimum atomic E-state index is 0.391. The molecule has 4 nitrogen and oxygen atoms in total. The fourth-order valence-corrected chi connectivity index (χ4v) is 4.24. The number of rotatable bonds is 12. The predicted molar refractivity (Wildman–Crippen MR) is 121 cm³/mol. The Labute approximate surface area is 174 Å². The zero-order valence-electron chi connectivity index (χ0n) is 18.0. The van der Waals surface area contributed by atoms with Crippen LogP contribution < -0.4 is 0 Å². The van der Waals surface area contributed by atoms with Crippen LogP contribution >= 0.6 is 0 Å². The van der Waals surface area contributed by atoms with Gasteiger partial charge in [0.25, 0.3) is 0 Å². The van der Waals surface area contributed by atoms with Gasteiger partial charge in [0.2, 0.25) is 0 Å². The van der Waals surface area contributed by atoms with Crippen molar-refractivity contribution in [1.29, 1.82) is 0 Å². The highest BCUT2D eigenvalue weighted by molar-refractivity contribution is 5.93.